The van der Waals surface area contributed by atoms with Crippen LogP contribution in [0.3, 0.4) is 0 Å². The Bertz CT molecular complexity index is 1560. The third-order valence-electron chi connectivity index (χ3n) is 11.4. The van der Waals surface area contributed by atoms with Crippen LogP contribution in [0.25, 0.3) is 0 Å². The summed E-state index contributed by atoms with van der Waals surface area (Å²) in [5, 5.41) is 25.6. The van der Waals surface area contributed by atoms with Gasteiger partial charge in [0.2, 0.25) is 17.6 Å². The Morgan fingerprint density at radius 1 is 1.13 bits per heavy atom. The number of hydrogen-bond acceptors (Lipinski definition) is 14. The molecule has 1 amide bonds. The monoisotopic (exact) mass is 660 g/mol. The number of nitrogens with one attached hydrogen (secondary N) is 1. The van der Waals surface area contributed by atoms with Gasteiger partial charge in [-0.15, -0.1) is 0 Å². The van der Waals surface area contributed by atoms with Crippen molar-refractivity contribution < 1.29 is 62.7 Å². The van der Waals surface area contributed by atoms with Crippen molar-refractivity contribution in [3.05, 3.63) is 23.0 Å². The number of amides is 1. The van der Waals surface area contributed by atoms with Crippen LogP contribution in [-0.2, 0) is 52.5 Å². The summed E-state index contributed by atoms with van der Waals surface area (Å²) in [5.41, 5.74) is 0.228. The molecule has 256 valence electrons. The van der Waals surface area contributed by atoms with Crippen LogP contribution in [-0.4, -0.2) is 101 Å². The number of aliphatic hydroxyl groups excluding tert-OH is 2. The van der Waals surface area contributed by atoms with Gasteiger partial charge in [0, 0.05) is 18.4 Å². The molecule has 2 spiro atoms. The second-order valence-corrected chi connectivity index (χ2v) is 14.3. The van der Waals surface area contributed by atoms with Crippen molar-refractivity contribution in [2.24, 2.45) is 34.3 Å². The molecule has 0 aromatic rings. The molecule has 2 saturated carbocycles. The Morgan fingerprint density at radius 3 is 2.38 bits per heavy atom. The van der Waals surface area contributed by atoms with Crippen LogP contribution >= 0.6 is 0 Å². The van der Waals surface area contributed by atoms with Crippen molar-refractivity contribution in [2.75, 3.05) is 7.11 Å². The Balaban J connectivity index is 1.43. The molecule has 5 N–H and O–H groups in total. The second kappa shape index (κ2) is 10.4. The number of ketones is 1. The normalized spacial score (nSPS) is 43.3. The molecule has 3 saturated heterocycles. The summed E-state index contributed by atoms with van der Waals surface area (Å²) in [4.78, 5) is 78.8. The van der Waals surface area contributed by atoms with E-state index < -0.39 is 112 Å². The third-order valence-corrected chi connectivity index (χ3v) is 11.4. The Morgan fingerprint density at radius 2 is 1.79 bits per heavy atom. The van der Waals surface area contributed by atoms with Crippen molar-refractivity contribution in [2.45, 2.75) is 102 Å². The topological polar surface area (TPSA) is 227 Å². The van der Waals surface area contributed by atoms with Gasteiger partial charge in [-0.05, 0) is 57.9 Å². The lowest BCUT2D eigenvalue weighted by Gasteiger charge is -2.55. The highest BCUT2D eigenvalue weighted by Gasteiger charge is 3.05. The first-order valence-electron chi connectivity index (χ1n) is 15.6. The minimum absolute atomic E-state index is 0.0756. The molecule has 2 bridgehead atoms. The highest BCUT2D eigenvalue weighted by molar-refractivity contribution is 5.99. The smallest absolute Gasteiger partial charge is 0.348 e. The highest BCUT2D eigenvalue weighted by atomic mass is 16.6. The minimum atomic E-state index is -2.27. The van der Waals surface area contributed by atoms with Crippen LogP contribution in [0.2, 0.25) is 0 Å². The largest absolute Gasteiger partial charge is 0.467 e. The number of fused-ring (bicyclic) bond motifs is 4. The molecule has 2 unspecified atom stereocenters. The maximum Gasteiger partial charge on any atom is 0.348 e. The first-order chi connectivity index (χ1) is 21.9. The molecule has 3 aliphatic heterocycles. The highest BCUT2D eigenvalue weighted by Crippen LogP contribution is 2.91. The van der Waals surface area contributed by atoms with E-state index in [2.05, 4.69) is 5.32 Å². The maximum absolute atomic E-state index is 13.8. The number of allylic oxidation sites excluding steroid dienone is 3. The zero-order valence-corrected chi connectivity index (χ0v) is 27.2. The van der Waals surface area contributed by atoms with Crippen LogP contribution < -0.4 is 11.1 Å². The number of ether oxygens (including phenoxy) is 5. The van der Waals surface area contributed by atoms with E-state index in [4.69, 9.17) is 29.4 Å². The Kier molecular flexibility index (Phi) is 7.37. The molecular weight excluding hydrogens is 620 g/mol. The fraction of sp³-hybridized carbons (Fsp3) is 0.688. The quantitative estimate of drug-likeness (QED) is 0.148. The standard InChI is InChI=1S/C32H40N2O13/c1-11(2)8-18(36)45-20-21-30-17(44-26(20)41)9-15-12(3)19(46-25(40)14(5)34-24(39)13(4)33)16(35)10-29(15,6)27(30)32(30)23(38)22(37)31(21,47-32)28(42)43-7/h8,13-15,17,20-23,27,37-38H,9-10,33H2,1-7H3,(H,34,39)/t13-,14-,15-,17+,20+,21+,22-,23-,27?,29-,30+,31-,32?/m0/s1. The summed E-state index contributed by atoms with van der Waals surface area (Å²) in [7, 11) is 1.07. The van der Waals surface area contributed by atoms with Gasteiger partial charge in [0.1, 0.15) is 30.0 Å². The van der Waals surface area contributed by atoms with Gasteiger partial charge in [0.05, 0.1) is 24.5 Å². The van der Waals surface area contributed by atoms with E-state index in [0.29, 0.717) is 11.1 Å². The van der Waals surface area contributed by atoms with Gasteiger partial charge < -0.3 is 44.9 Å². The SMILES string of the molecule is COC(=O)[C@]12OC3(C4[C@]35[C@@H](C[C@H]3C(C)=C(OC(=O)[C@H](C)NC(=O)[C@H](C)N)C(=O)C[C@]43C)OC(=O)[C@H](OC(=O)C=C(C)C)[C@@H]15)[C@@H](O)[C@@H]2O. The molecule has 6 rings (SSSR count). The minimum Gasteiger partial charge on any atom is -0.467 e. The fourth-order valence-corrected chi connectivity index (χ4v) is 9.89. The molecular formula is C32H40N2O13. The van der Waals surface area contributed by atoms with Crippen LogP contribution in [0.1, 0.15) is 54.4 Å². The van der Waals surface area contributed by atoms with E-state index in [1.54, 1.807) is 20.8 Å². The molecule has 0 radical (unpaired) electrons. The zero-order chi connectivity index (χ0) is 34.8. The van der Waals surface area contributed by atoms with Crippen molar-refractivity contribution in [3.8, 4) is 0 Å². The lowest BCUT2D eigenvalue weighted by Crippen LogP contribution is -2.69. The van der Waals surface area contributed by atoms with Crippen LogP contribution in [0.4, 0.5) is 0 Å². The average Bonchev–Trinajstić information content (AvgIpc) is 3.42. The van der Waals surface area contributed by atoms with Crippen molar-refractivity contribution in [1.29, 1.82) is 0 Å². The predicted molar refractivity (Wildman–Crippen MR) is 155 cm³/mol. The molecule has 15 heteroatoms. The first-order valence-corrected chi connectivity index (χ1v) is 15.6. The van der Waals surface area contributed by atoms with Crippen LogP contribution in [0, 0.1) is 28.6 Å². The number of esters is 4. The molecule has 13 atom stereocenters. The van der Waals surface area contributed by atoms with Gasteiger partial charge in [0.25, 0.3) is 0 Å². The van der Waals surface area contributed by atoms with Gasteiger partial charge in [0.15, 0.2) is 11.5 Å². The van der Waals surface area contributed by atoms with E-state index in [1.807, 2.05) is 6.92 Å². The molecule has 3 aliphatic carbocycles. The number of rotatable bonds is 7. The predicted octanol–water partition coefficient (Wildman–Crippen LogP) is -0.893. The zero-order valence-electron chi connectivity index (χ0n) is 27.2. The van der Waals surface area contributed by atoms with Crippen molar-refractivity contribution >= 4 is 35.6 Å². The summed E-state index contributed by atoms with van der Waals surface area (Å²) in [6.07, 6.45) is -5.19. The van der Waals surface area contributed by atoms with Crippen molar-refractivity contribution in [1.82, 2.24) is 5.32 Å². The molecule has 15 nitrogen and oxygen atoms in total. The number of nitrogens with two attached hydrogens (primary N) is 1. The van der Waals surface area contributed by atoms with Crippen LogP contribution in [0.5, 0.6) is 0 Å². The molecule has 3 heterocycles. The molecule has 47 heavy (non-hydrogen) atoms. The summed E-state index contributed by atoms with van der Waals surface area (Å²) in [5.74, 6) is -7.76. The Hall–Kier alpha value is -3.66. The van der Waals surface area contributed by atoms with E-state index in [-0.39, 0.29) is 18.6 Å². The van der Waals surface area contributed by atoms with Gasteiger partial charge in [-0.3, -0.25) is 9.59 Å². The van der Waals surface area contributed by atoms with Gasteiger partial charge >= 0.3 is 23.9 Å². The Labute approximate surface area is 270 Å². The van der Waals surface area contributed by atoms with E-state index >= 15 is 0 Å². The van der Waals surface area contributed by atoms with E-state index in [9.17, 15) is 39.0 Å². The summed E-state index contributed by atoms with van der Waals surface area (Å²) >= 11 is 0. The number of carbonyl (C=O) groups is 6. The van der Waals surface area contributed by atoms with E-state index in [1.165, 1.54) is 19.9 Å². The number of hydrogen-bond donors (Lipinski definition) is 4. The van der Waals surface area contributed by atoms with Gasteiger partial charge in [-0.2, -0.15) is 0 Å². The fourth-order valence-electron chi connectivity index (χ4n) is 9.89. The first kappa shape index (κ1) is 33.2. The number of methoxy groups -OCH3 is 1. The van der Waals surface area contributed by atoms with Gasteiger partial charge in [-0.1, -0.05) is 12.5 Å². The van der Waals surface area contributed by atoms with E-state index in [0.717, 1.165) is 7.11 Å². The number of carbonyl (C=O) groups excluding carboxylic acids is 6. The molecule has 0 aromatic carbocycles. The molecule has 0 aromatic heterocycles. The summed E-state index contributed by atoms with van der Waals surface area (Å²) in [6.45, 7) is 9.57. The summed E-state index contributed by atoms with van der Waals surface area (Å²) in [6, 6.07) is -2.00. The number of Topliss-reactive ketones (excluding diaryl/α,β-unsaturated/α-hetero) is 1. The number of aliphatic hydroxyl groups is 2. The molecule has 6 aliphatic rings. The second-order valence-electron chi connectivity index (χ2n) is 14.3. The van der Waals surface area contributed by atoms with Gasteiger partial charge in [-0.25, -0.2) is 19.2 Å². The third kappa shape index (κ3) is 3.93. The van der Waals surface area contributed by atoms with Crippen LogP contribution in [0.15, 0.2) is 23.0 Å². The maximum atomic E-state index is 13.8. The summed E-state index contributed by atoms with van der Waals surface area (Å²) < 4.78 is 28.7. The average molecular weight is 661 g/mol. The van der Waals surface area contributed by atoms with Crippen molar-refractivity contribution in [3.63, 3.8) is 0 Å². The lowest BCUT2D eigenvalue weighted by atomic mass is 9.52. The molecule has 5 fully saturated rings. The lowest BCUT2D eigenvalue weighted by molar-refractivity contribution is -0.231.